The molecule has 0 heterocycles. The first-order chi connectivity index (χ1) is 9.66. The maximum Gasteiger partial charge on any atom is 0.325 e. The molecule has 0 aliphatic carbocycles. The summed E-state index contributed by atoms with van der Waals surface area (Å²) >= 11 is 0. The Balaban J connectivity index is 2.42. The second-order valence-electron chi connectivity index (χ2n) is 4.86. The van der Waals surface area contributed by atoms with Crippen LogP contribution in [-0.2, 0) is 9.13 Å². The van der Waals surface area contributed by atoms with Crippen LogP contribution in [0.25, 0.3) is 0 Å². The van der Waals surface area contributed by atoms with Crippen molar-refractivity contribution in [1.29, 1.82) is 0 Å². The molecule has 1 aromatic rings. The lowest BCUT2D eigenvalue weighted by atomic mass is 10.1. The van der Waals surface area contributed by atoms with Crippen LogP contribution in [0.4, 0.5) is 0 Å². The molecule has 0 aliphatic heterocycles. The topological polar surface area (TPSA) is 124 Å². The number of ether oxygens (including phenoxy) is 1. The van der Waals surface area contributed by atoms with Crippen molar-refractivity contribution in [1.82, 2.24) is 0 Å². The largest absolute Gasteiger partial charge is 0.494 e. The number of benzene rings is 1. The van der Waals surface area contributed by atoms with E-state index in [-0.39, 0.29) is 6.42 Å². The lowest BCUT2D eigenvalue weighted by Crippen LogP contribution is -2.14. The molecule has 0 saturated carbocycles. The molecule has 1 rings (SSSR count). The molecule has 0 aliphatic rings. The van der Waals surface area contributed by atoms with E-state index in [1.54, 1.807) is 12.1 Å². The molecule has 0 atom stereocenters. The van der Waals surface area contributed by atoms with E-state index in [4.69, 9.17) is 24.3 Å². The van der Waals surface area contributed by atoms with E-state index in [9.17, 15) is 9.13 Å². The maximum absolute atomic E-state index is 11.0. The zero-order valence-electron chi connectivity index (χ0n) is 11.4. The second kappa shape index (κ2) is 8.08. The number of hydrogen-bond acceptors (Lipinski definition) is 3. The zero-order valence-corrected chi connectivity index (χ0v) is 13.2. The summed E-state index contributed by atoms with van der Waals surface area (Å²) < 4.78 is 27.4. The molecule has 0 radical (unpaired) electrons. The number of hydrogen-bond donors (Lipinski definition) is 4. The van der Waals surface area contributed by atoms with Crippen molar-refractivity contribution in [2.45, 2.75) is 12.8 Å². The Hall–Kier alpha value is -0.680. The van der Waals surface area contributed by atoms with Gasteiger partial charge in [0, 0.05) is 0 Å². The average molecular weight is 338 g/mol. The Labute approximate surface area is 123 Å². The molecule has 0 aromatic heterocycles. The van der Waals surface area contributed by atoms with Gasteiger partial charge in [-0.1, -0.05) is 18.2 Å². The molecule has 0 amide bonds. The minimum Gasteiger partial charge on any atom is -0.494 e. The van der Waals surface area contributed by atoms with Crippen molar-refractivity contribution < 1.29 is 33.4 Å². The molecule has 0 bridgehead atoms. The van der Waals surface area contributed by atoms with Crippen LogP contribution in [0.1, 0.15) is 12.8 Å². The summed E-state index contributed by atoms with van der Waals surface area (Å²) in [6, 6.07) is 9.05. The van der Waals surface area contributed by atoms with Gasteiger partial charge in [0.15, 0.2) is 0 Å². The minimum atomic E-state index is -4.30. The van der Waals surface area contributed by atoms with Crippen LogP contribution in [0.5, 0.6) is 5.75 Å². The molecule has 7 nitrogen and oxygen atoms in total. The van der Waals surface area contributed by atoms with Gasteiger partial charge >= 0.3 is 15.2 Å². The van der Waals surface area contributed by atoms with E-state index in [2.05, 4.69) is 0 Å². The van der Waals surface area contributed by atoms with E-state index in [1.165, 1.54) is 0 Å². The molecule has 120 valence electrons. The van der Waals surface area contributed by atoms with Gasteiger partial charge in [-0.2, -0.15) is 0 Å². The van der Waals surface area contributed by atoms with Crippen LogP contribution in [0.15, 0.2) is 30.3 Å². The van der Waals surface area contributed by atoms with Gasteiger partial charge in [0.1, 0.15) is 5.75 Å². The van der Waals surface area contributed by atoms with Crippen molar-refractivity contribution in [3.05, 3.63) is 30.3 Å². The lowest BCUT2D eigenvalue weighted by Gasteiger charge is -2.18. The van der Waals surface area contributed by atoms with Gasteiger partial charge in [0.05, 0.1) is 18.9 Å². The predicted octanol–water partition coefficient (Wildman–Crippen LogP) is 1.82. The molecule has 4 N–H and O–H groups in total. The van der Waals surface area contributed by atoms with Gasteiger partial charge in [0.25, 0.3) is 0 Å². The van der Waals surface area contributed by atoms with E-state index < -0.39 is 33.4 Å². The summed E-state index contributed by atoms with van der Waals surface area (Å²) in [6.07, 6.45) is -0.310. The fraction of sp³-hybridized carbons (Fsp3) is 0.500. The third-order valence-electron chi connectivity index (χ3n) is 2.76. The third-order valence-corrected chi connectivity index (χ3v) is 4.74. The van der Waals surface area contributed by atoms with Gasteiger partial charge in [0.2, 0.25) is 0 Å². The van der Waals surface area contributed by atoms with E-state index in [0.717, 1.165) is 0 Å². The van der Waals surface area contributed by atoms with Crippen molar-refractivity contribution in [2.24, 2.45) is 5.92 Å². The first kappa shape index (κ1) is 18.4. The average Bonchev–Trinajstić information content (AvgIpc) is 2.32. The molecule has 1 aromatic carbocycles. The summed E-state index contributed by atoms with van der Waals surface area (Å²) in [7, 11) is -8.60. The molecule has 0 saturated heterocycles. The molecule has 0 spiro atoms. The highest BCUT2D eigenvalue weighted by atomic mass is 31.2. The second-order valence-corrected chi connectivity index (χ2v) is 8.25. The highest BCUT2D eigenvalue weighted by Crippen LogP contribution is 2.44. The fourth-order valence-corrected chi connectivity index (χ4v) is 4.16. The van der Waals surface area contributed by atoms with E-state index in [1.807, 2.05) is 18.2 Å². The van der Waals surface area contributed by atoms with Gasteiger partial charge < -0.3 is 24.3 Å². The van der Waals surface area contributed by atoms with Crippen molar-refractivity contribution in [2.75, 3.05) is 18.9 Å². The summed E-state index contributed by atoms with van der Waals surface area (Å²) in [5, 5.41) is 0. The van der Waals surface area contributed by atoms with Crippen molar-refractivity contribution >= 4 is 15.2 Å². The summed E-state index contributed by atoms with van der Waals surface area (Å²) in [4.78, 5) is 35.8. The van der Waals surface area contributed by atoms with Gasteiger partial charge in [-0.3, -0.25) is 9.13 Å². The molecule has 21 heavy (non-hydrogen) atoms. The van der Waals surface area contributed by atoms with E-state index in [0.29, 0.717) is 18.8 Å². The van der Waals surface area contributed by atoms with Gasteiger partial charge in [-0.05, 0) is 30.9 Å². The highest BCUT2D eigenvalue weighted by molar-refractivity contribution is 7.52. The monoisotopic (exact) mass is 338 g/mol. The summed E-state index contributed by atoms with van der Waals surface area (Å²) in [5.41, 5.74) is 0. The molecule has 0 unspecified atom stereocenters. The standard InChI is InChI=1S/C12H20O7P2/c13-20(14,15)9-11(10-21(16,17)18)5-4-8-19-12-6-2-1-3-7-12/h1-3,6-7,11H,4-5,8-10H2,(H2,13,14,15)(H2,16,17,18). The Morgan fingerprint density at radius 2 is 1.48 bits per heavy atom. The fourth-order valence-electron chi connectivity index (χ4n) is 1.99. The first-order valence-electron chi connectivity index (χ1n) is 6.43. The van der Waals surface area contributed by atoms with E-state index >= 15 is 0 Å². The quantitative estimate of drug-likeness (QED) is 0.400. The smallest absolute Gasteiger partial charge is 0.325 e. The van der Waals surface area contributed by atoms with Crippen LogP contribution in [0, 0.1) is 5.92 Å². The van der Waals surface area contributed by atoms with Crippen molar-refractivity contribution in [3.8, 4) is 5.75 Å². The molecule has 0 fully saturated rings. The van der Waals surface area contributed by atoms with Crippen LogP contribution in [0.3, 0.4) is 0 Å². The Morgan fingerprint density at radius 3 is 1.95 bits per heavy atom. The normalized spacial score (nSPS) is 12.6. The highest BCUT2D eigenvalue weighted by Gasteiger charge is 2.27. The lowest BCUT2D eigenvalue weighted by molar-refractivity contribution is 0.291. The SMILES string of the molecule is O=P(O)(O)CC(CCCOc1ccccc1)CP(=O)(O)O. The molecule has 9 heteroatoms. The van der Waals surface area contributed by atoms with Crippen LogP contribution < -0.4 is 4.74 Å². The first-order valence-corrected chi connectivity index (χ1v) is 10.0. The molecular weight excluding hydrogens is 318 g/mol. The third kappa shape index (κ3) is 9.80. The summed E-state index contributed by atoms with van der Waals surface area (Å²) in [5.74, 6) is -0.0509. The van der Waals surface area contributed by atoms with Crippen LogP contribution in [0.2, 0.25) is 0 Å². The van der Waals surface area contributed by atoms with Gasteiger partial charge in [-0.25, -0.2) is 0 Å². The number of rotatable bonds is 9. The van der Waals surface area contributed by atoms with Crippen molar-refractivity contribution in [3.63, 3.8) is 0 Å². The maximum atomic E-state index is 11.0. The van der Waals surface area contributed by atoms with Crippen LogP contribution >= 0.6 is 15.2 Å². The molecular formula is C12H20O7P2. The number of para-hydroxylation sites is 1. The van der Waals surface area contributed by atoms with Crippen LogP contribution in [-0.4, -0.2) is 38.5 Å². The zero-order chi connectivity index (χ0) is 15.9. The predicted molar refractivity (Wildman–Crippen MR) is 78.5 cm³/mol. The Kier molecular flexibility index (Phi) is 7.07. The minimum absolute atomic E-state index is 0.281. The summed E-state index contributed by atoms with van der Waals surface area (Å²) in [6.45, 7) is 0.322. The van der Waals surface area contributed by atoms with Gasteiger partial charge in [-0.15, -0.1) is 0 Å². The Bertz CT molecular complexity index is 484. The Morgan fingerprint density at radius 1 is 0.952 bits per heavy atom.